The van der Waals surface area contributed by atoms with Crippen LogP contribution in [0.2, 0.25) is 0 Å². The molecular formula is C27H34ClN3O4S2. The van der Waals surface area contributed by atoms with Crippen LogP contribution in [-0.2, 0) is 20.0 Å². The number of benzene rings is 1. The maximum Gasteiger partial charge on any atom is 0.265 e. The number of nitrogens with zero attached hydrogens (tertiary/aromatic N) is 2. The largest absolute Gasteiger partial charge is 0.381 e. The quantitative estimate of drug-likeness (QED) is 0.457. The van der Waals surface area contributed by atoms with Crippen LogP contribution in [0.4, 0.5) is 0 Å². The number of halogens is 1. The summed E-state index contributed by atoms with van der Waals surface area (Å²) in [5, 5.41) is 0.283. The lowest BCUT2D eigenvalue weighted by Gasteiger charge is -2.29. The van der Waals surface area contributed by atoms with E-state index in [1.807, 2.05) is 21.0 Å². The van der Waals surface area contributed by atoms with E-state index in [0.717, 1.165) is 29.1 Å². The normalized spacial score (nSPS) is 20.5. The first-order valence-corrected chi connectivity index (χ1v) is 15.8. The van der Waals surface area contributed by atoms with Crippen LogP contribution in [0.1, 0.15) is 45.4 Å². The van der Waals surface area contributed by atoms with Gasteiger partial charge >= 0.3 is 0 Å². The fourth-order valence-electron chi connectivity index (χ4n) is 5.05. The Morgan fingerprint density at radius 1 is 1.08 bits per heavy atom. The van der Waals surface area contributed by atoms with Gasteiger partial charge in [0.15, 0.2) is 5.03 Å². The second-order valence-corrected chi connectivity index (χ2v) is 13.5. The minimum atomic E-state index is -4.15. The number of rotatable bonds is 9. The lowest BCUT2D eigenvalue weighted by molar-refractivity contribution is 0.441. The molecule has 3 aliphatic rings. The molecule has 1 heterocycles. The van der Waals surface area contributed by atoms with Crippen molar-refractivity contribution in [2.45, 2.75) is 56.4 Å². The van der Waals surface area contributed by atoms with Gasteiger partial charge in [0, 0.05) is 31.4 Å². The van der Waals surface area contributed by atoms with Crippen molar-refractivity contribution >= 4 is 31.6 Å². The average Bonchev–Trinajstić information content (AvgIpc) is 3.02. The van der Waals surface area contributed by atoms with Crippen LogP contribution in [0.25, 0.3) is 0 Å². The van der Waals surface area contributed by atoms with E-state index in [4.69, 9.17) is 11.6 Å². The van der Waals surface area contributed by atoms with Gasteiger partial charge in [-0.2, -0.15) is 0 Å². The van der Waals surface area contributed by atoms with E-state index in [-0.39, 0.29) is 16.5 Å². The molecule has 0 saturated carbocycles. The highest BCUT2D eigenvalue weighted by Gasteiger charge is 2.48. The van der Waals surface area contributed by atoms with E-state index in [2.05, 4.69) is 21.8 Å². The standard InChI is InChI=1S/C27H34ClN3O4S2/c1-4-24-25-19-21(28)14-16-26(25)31(37(34,35)23-11-6-5-7-12-23)27(24)36(32,33)29-18-17-20-9-8-10-22(15-13-20)30(2)3/h5-7,11-15,19,26,29H,4,8-10,16-18H2,1-3H3. The number of hydrogen-bond donors (Lipinski definition) is 1. The number of allylic oxidation sites excluding steroid dienone is 5. The van der Waals surface area contributed by atoms with Crippen molar-refractivity contribution in [2.24, 2.45) is 0 Å². The van der Waals surface area contributed by atoms with Gasteiger partial charge in [-0.25, -0.2) is 25.9 Å². The molecule has 200 valence electrons. The highest BCUT2D eigenvalue weighted by Crippen LogP contribution is 2.45. The van der Waals surface area contributed by atoms with E-state index in [1.54, 1.807) is 30.4 Å². The van der Waals surface area contributed by atoms with E-state index >= 15 is 0 Å². The van der Waals surface area contributed by atoms with Crippen LogP contribution < -0.4 is 4.72 Å². The van der Waals surface area contributed by atoms with Gasteiger partial charge < -0.3 is 4.90 Å². The van der Waals surface area contributed by atoms with Crippen molar-refractivity contribution < 1.29 is 16.8 Å². The van der Waals surface area contributed by atoms with Crippen molar-refractivity contribution in [3.63, 3.8) is 0 Å². The molecule has 37 heavy (non-hydrogen) atoms. The first-order chi connectivity index (χ1) is 17.6. The van der Waals surface area contributed by atoms with Crippen molar-refractivity contribution in [2.75, 3.05) is 20.6 Å². The molecule has 7 nitrogen and oxygen atoms in total. The van der Waals surface area contributed by atoms with Gasteiger partial charge in [0.1, 0.15) is 0 Å². The summed E-state index contributed by atoms with van der Waals surface area (Å²) in [7, 11) is -4.26. The maximum absolute atomic E-state index is 13.8. The van der Waals surface area contributed by atoms with Gasteiger partial charge in [0.2, 0.25) is 0 Å². The number of hydrogen-bond acceptors (Lipinski definition) is 5. The smallest absolute Gasteiger partial charge is 0.265 e. The van der Waals surface area contributed by atoms with Crippen LogP contribution in [-0.4, -0.2) is 52.7 Å². The van der Waals surface area contributed by atoms with E-state index < -0.39 is 26.1 Å². The first-order valence-electron chi connectivity index (χ1n) is 12.5. The van der Waals surface area contributed by atoms with Crippen LogP contribution in [0.5, 0.6) is 0 Å². The molecule has 0 fully saturated rings. The van der Waals surface area contributed by atoms with Gasteiger partial charge in [0.05, 0.1) is 10.9 Å². The Morgan fingerprint density at radius 2 is 1.81 bits per heavy atom. The Bertz CT molecular complexity index is 1410. The summed E-state index contributed by atoms with van der Waals surface area (Å²) < 4.78 is 59.0. The summed E-state index contributed by atoms with van der Waals surface area (Å²) in [4.78, 5) is 2.14. The number of fused-ring (bicyclic) bond motifs is 1. The molecular weight excluding hydrogens is 530 g/mol. The Kier molecular flexibility index (Phi) is 8.38. The second kappa shape index (κ2) is 11.2. The van der Waals surface area contributed by atoms with Crippen molar-refractivity contribution in [1.82, 2.24) is 13.9 Å². The average molecular weight is 564 g/mol. The monoisotopic (exact) mass is 563 g/mol. The molecule has 0 aromatic heterocycles. The molecule has 0 saturated heterocycles. The number of nitrogens with one attached hydrogen (secondary N) is 1. The van der Waals surface area contributed by atoms with Crippen molar-refractivity contribution in [1.29, 1.82) is 0 Å². The molecule has 1 unspecified atom stereocenters. The van der Waals surface area contributed by atoms with Crippen LogP contribution in [0.15, 0.2) is 92.0 Å². The third-order valence-corrected chi connectivity index (χ3v) is 10.7. The molecule has 1 aromatic carbocycles. The fraction of sp³-hybridized carbons (Fsp3) is 0.407. The predicted octanol–water partition coefficient (Wildman–Crippen LogP) is 5.00. The molecule has 0 spiro atoms. The zero-order valence-electron chi connectivity index (χ0n) is 21.4. The molecule has 1 N–H and O–H groups in total. The lowest BCUT2D eigenvalue weighted by Crippen LogP contribution is -2.41. The van der Waals surface area contributed by atoms with Gasteiger partial charge in [0.25, 0.3) is 20.0 Å². The Balaban J connectivity index is 1.66. The summed E-state index contributed by atoms with van der Waals surface area (Å²) >= 11 is 6.27. The van der Waals surface area contributed by atoms with Gasteiger partial charge in [-0.15, -0.1) is 0 Å². The first kappa shape index (κ1) is 27.7. The third-order valence-electron chi connectivity index (χ3n) is 6.94. The van der Waals surface area contributed by atoms with Gasteiger partial charge in [-0.1, -0.05) is 54.4 Å². The molecule has 4 rings (SSSR count). The summed E-state index contributed by atoms with van der Waals surface area (Å²) in [6, 6.07) is 7.30. The summed E-state index contributed by atoms with van der Waals surface area (Å²) in [6.45, 7) is 2.01. The molecule has 1 atom stereocenters. The fourth-order valence-corrected chi connectivity index (χ4v) is 8.90. The van der Waals surface area contributed by atoms with Crippen LogP contribution in [0.3, 0.4) is 0 Å². The zero-order chi connectivity index (χ0) is 26.8. The maximum atomic E-state index is 13.8. The molecule has 10 heteroatoms. The predicted molar refractivity (Wildman–Crippen MR) is 148 cm³/mol. The molecule has 1 aromatic rings. The Morgan fingerprint density at radius 3 is 2.49 bits per heavy atom. The second-order valence-electron chi connectivity index (χ2n) is 9.57. The van der Waals surface area contributed by atoms with Gasteiger partial charge in [-0.3, -0.25) is 0 Å². The highest BCUT2D eigenvalue weighted by molar-refractivity contribution is 7.95. The topological polar surface area (TPSA) is 86.8 Å². The molecule has 1 aliphatic heterocycles. The summed E-state index contributed by atoms with van der Waals surface area (Å²) in [6.07, 6.45) is 11.7. The van der Waals surface area contributed by atoms with E-state index in [0.29, 0.717) is 35.4 Å². The molecule has 2 aliphatic carbocycles. The highest BCUT2D eigenvalue weighted by atomic mass is 35.5. The van der Waals surface area contributed by atoms with Crippen LogP contribution in [0, 0.1) is 0 Å². The Hall–Kier alpha value is -2.33. The SMILES string of the molecule is CCC1=C(S(=O)(=O)NCCC2=CC=C(N(C)C)CCC2)N(S(=O)(=O)c2ccccc2)C2CC=C(Cl)C=C12. The Labute approximate surface area is 226 Å². The van der Waals surface area contributed by atoms with Crippen LogP contribution >= 0.6 is 11.6 Å². The number of sulfonamides is 2. The zero-order valence-corrected chi connectivity index (χ0v) is 23.8. The molecule has 0 radical (unpaired) electrons. The minimum absolute atomic E-state index is 0.0483. The third kappa shape index (κ3) is 5.74. The summed E-state index contributed by atoms with van der Waals surface area (Å²) in [5.74, 6) is 0. The van der Waals surface area contributed by atoms with Crippen molar-refractivity contribution in [3.05, 3.63) is 87.1 Å². The summed E-state index contributed by atoms with van der Waals surface area (Å²) in [5.41, 5.74) is 3.53. The van der Waals surface area contributed by atoms with E-state index in [9.17, 15) is 16.8 Å². The lowest BCUT2D eigenvalue weighted by atomic mass is 9.95. The molecule has 0 bridgehead atoms. The van der Waals surface area contributed by atoms with Crippen molar-refractivity contribution in [3.8, 4) is 0 Å². The minimum Gasteiger partial charge on any atom is -0.381 e. The molecule has 0 amide bonds. The van der Waals surface area contributed by atoms with E-state index in [1.165, 1.54) is 17.8 Å². The van der Waals surface area contributed by atoms with Gasteiger partial charge in [-0.05, 0) is 74.0 Å².